The minimum Gasteiger partial charge on any atom is -0.480 e. The van der Waals surface area contributed by atoms with Gasteiger partial charge < -0.3 is 5.11 Å². The molecule has 0 bridgehead atoms. The molecule has 4 rings (SSSR count). The van der Waals surface area contributed by atoms with Gasteiger partial charge in [0.25, 0.3) is 0 Å². The minimum atomic E-state index is -0.737. The molecule has 2 aliphatic rings. The molecule has 1 spiro atoms. The molecule has 0 atom stereocenters. The van der Waals surface area contributed by atoms with E-state index in [1.165, 1.54) is 11.1 Å². The lowest BCUT2D eigenvalue weighted by Crippen LogP contribution is -2.58. The van der Waals surface area contributed by atoms with Crippen LogP contribution in [0.5, 0.6) is 0 Å². The number of benzene rings is 2. The first-order chi connectivity index (χ1) is 11.6. The van der Waals surface area contributed by atoms with E-state index in [0.717, 1.165) is 37.1 Å². The lowest BCUT2D eigenvalue weighted by Gasteiger charge is -2.47. The van der Waals surface area contributed by atoms with Crippen LogP contribution in [-0.4, -0.2) is 35.6 Å². The number of carboxylic acids is 1. The Balaban J connectivity index is 1.47. The third-order valence-electron chi connectivity index (χ3n) is 4.94. The summed E-state index contributed by atoms with van der Waals surface area (Å²) in [5, 5.41) is 8.89. The zero-order chi connectivity index (χ0) is 16.6. The maximum Gasteiger partial charge on any atom is 0.317 e. The number of rotatable bonds is 2. The van der Waals surface area contributed by atoms with E-state index < -0.39 is 5.97 Å². The summed E-state index contributed by atoms with van der Waals surface area (Å²) >= 11 is 0. The molecule has 3 nitrogen and oxygen atoms in total. The van der Waals surface area contributed by atoms with Crippen molar-refractivity contribution in [2.45, 2.75) is 12.8 Å². The highest BCUT2D eigenvalue weighted by Crippen LogP contribution is 2.43. The summed E-state index contributed by atoms with van der Waals surface area (Å²) in [6.07, 6.45) is 2.10. The van der Waals surface area contributed by atoms with Crippen molar-refractivity contribution in [3.05, 3.63) is 70.8 Å². The van der Waals surface area contributed by atoms with Gasteiger partial charge in [0.15, 0.2) is 0 Å². The van der Waals surface area contributed by atoms with Crippen molar-refractivity contribution >= 4 is 5.97 Å². The molecule has 24 heavy (non-hydrogen) atoms. The first-order valence-electron chi connectivity index (χ1n) is 8.25. The topological polar surface area (TPSA) is 40.5 Å². The van der Waals surface area contributed by atoms with Gasteiger partial charge in [0, 0.05) is 29.6 Å². The standard InChI is InChI=1S/C21H19NO2/c23-20(24)13-22-14-21(15-22)11-18-9-8-17(10-19(18)12-21)7-6-16-4-2-1-3-5-16/h1-5,8-10H,11-15H2,(H,23,24). The average Bonchev–Trinajstić information content (AvgIpc) is 2.91. The second-order valence-electron chi connectivity index (χ2n) is 6.99. The van der Waals surface area contributed by atoms with Crippen LogP contribution in [0.25, 0.3) is 0 Å². The summed E-state index contributed by atoms with van der Waals surface area (Å²) in [5.41, 5.74) is 5.11. The zero-order valence-electron chi connectivity index (χ0n) is 13.5. The second kappa shape index (κ2) is 5.81. The summed E-state index contributed by atoms with van der Waals surface area (Å²) in [6, 6.07) is 16.5. The molecule has 0 unspecified atom stereocenters. The molecule has 1 saturated heterocycles. The van der Waals surface area contributed by atoms with Gasteiger partial charge >= 0.3 is 5.97 Å². The lowest BCUT2D eigenvalue weighted by atomic mass is 9.77. The Bertz CT molecular complexity index is 839. The number of aliphatic carboxylic acids is 1. The first-order valence-corrected chi connectivity index (χ1v) is 8.25. The quantitative estimate of drug-likeness (QED) is 0.866. The summed E-state index contributed by atoms with van der Waals surface area (Å²) in [5.74, 6) is 5.72. The van der Waals surface area contributed by atoms with Crippen LogP contribution in [0.2, 0.25) is 0 Å². The molecular weight excluding hydrogens is 298 g/mol. The second-order valence-corrected chi connectivity index (χ2v) is 6.99. The first kappa shape index (κ1) is 15.0. The van der Waals surface area contributed by atoms with Gasteiger partial charge in [0.2, 0.25) is 0 Å². The molecule has 120 valence electrons. The van der Waals surface area contributed by atoms with E-state index in [9.17, 15) is 4.79 Å². The number of hydrogen-bond donors (Lipinski definition) is 1. The van der Waals surface area contributed by atoms with Gasteiger partial charge in [0.05, 0.1) is 6.54 Å². The van der Waals surface area contributed by atoms with Crippen LogP contribution in [0, 0.1) is 17.3 Å². The van der Waals surface area contributed by atoms with Gasteiger partial charge in [-0.25, -0.2) is 0 Å². The fourth-order valence-electron chi connectivity index (χ4n) is 4.01. The molecule has 0 radical (unpaired) electrons. The van der Waals surface area contributed by atoms with Crippen LogP contribution in [0.4, 0.5) is 0 Å². The molecule has 0 amide bonds. The highest BCUT2D eigenvalue weighted by atomic mass is 16.4. The number of carboxylic acid groups (broad SMARTS) is 1. The summed E-state index contributed by atoms with van der Waals surface area (Å²) in [7, 11) is 0. The Kier molecular flexibility index (Phi) is 3.63. The fraction of sp³-hybridized carbons (Fsp3) is 0.286. The number of fused-ring (bicyclic) bond motifs is 1. The van der Waals surface area contributed by atoms with Gasteiger partial charge in [-0.1, -0.05) is 36.1 Å². The van der Waals surface area contributed by atoms with Crippen molar-refractivity contribution in [3.63, 3.8) is 0 Å². The number of carbonyl (C=O) groups is 1. The van der Waals surface area contributed by atoms with E-state index in [-0.39, 0.29) is 12.0 Å². The predicted molar refractivity (Wildman–Crippen MR) is 92.8 cm³/mol. The van der Waals surface area contributed by atoms with E-state index in [0.29, 0.717) is 0 Å². The SMILES string of the molecule is O=C(O)CN1CC2(Cc3ccc(C#Cc4ccccc4)cc3C2)C1. The van der Waals surface area contributed by atoms with Crippen LogP contribution in [0.3, 0.4) is 0 Å². The van der Waals surface area contributed by atoms with Gasteiger partial charge in [-0.2, -0.15) is 0 Å². The smallest absolute Gasteiger partial charge is 0.317 e. The lowest BCUT2D eigenvalue weighted by molar-refractivity contribution is -0.141. The van der Waals surface area contributed by atoms with Crippen LogP contribution in [-0.2, 0) is 17.6 Å². The molecule has 3 heteroatoms. The van der Waals surface area contributed by atoms with Crippen LogP contribution in [0.15, 0.2) is 48.5 Å². The van der Waals surface area contributed by atoms with Crippen molar-refractivity contribution in [2.24, 2.45) is 5.41 Å². The maximum absolute atomic E-state index is 10.8. The molecule has 2 aromatic rings. The molecule has 0 saturated carbocycles. The van der Waals surface area contributed by atoms with Crippen LogP contribution in [0.1, 0.15) is 22.3 Å². The van der Waals surface area contributed by atoms with Crippen molar-refractivity contribution in [2.75, 3.05) is 19.6 Å². The Morgan fingerprint density at radius 2 is 1.71 bits per heavy atom. The molecule has 1 fully saturated rings. The summed E-state index contributed by atoms with van der Waals surface area (Å²) in [4.78, 5) is 12.8. The van der Waals surface area contributed by atoms with Crippen LogP contribution < -0.4 is 0 Å². The number of nitrogens with zero attached hydrogens (tertiary/aromatic N) is 1. The van der Waals surface area contributed by atoms with Crippen molar-refractivity contribution in [3.8, 4) is 11.8 Å². The van der Waals surface area contributed by atoms with Crippen molar-refractivity contribution in [1.82, 2.24) is 4.90 Å². The van der Waals surface area contributed by atoms with Gasteiger partial charge in [-0.3, -0.25) is 9.69 Å². The Labute approximate surface area is 141 Å². The summed E-state index contributed by atoms with van der Waals surface area (Å²) < 4.78 is 0. The minimum absolute atomic E-state index is 0.159. The van der Waals surface area contributed by atoms with Gasteiger partial charge in [0.1, 0.15) is 0 Å². The van der Waals surface area contributed by atoms with E-state index in [2.05, 4.69) is 30.0 Å². The molecule has 1 aliphatic carbocycles. The van der Waals surface area contributed by atoms with Crippen molar-refractivity contribution in [1.29, 1.82) is 0 Å². The Morgan fingerprint density at radius 3 is 2.46 bits per heavy atom. The van der Waals surface area contributed by atoms with Crippen LogP contribution >= 0.6 is 0 Å². The largest absolute Gasteiger partial charge is 0.480 e. The highest BCUT2D eigenvalue weighted by molar-refractivity contribution is 5.69. The predicted octanol–water partition coefficient (Wildman–Crippen LogP) is 2.57. The zero-order valence-corrected chi connectivity index (χ0v) is 13.5. The molecule has 1 N–H and O–H groups in total. The number of hydrogen-bond acceptors (Lipinski definition) is 2. The molecule has 2 aromatic carbocycles. The van der Waals surface area contributed by atoms with Gasteiger partial charge in [-0.15, -0.1) is 0 Å². The third-order valence-corrected chi connectivity index (χ3v) is 4.94. The van der Waals surface area contributed by atoms with Gasteiger partial charge in [-0.05, 0) is 48.2 Å². The molecular formula is C21H19NO2. The van der Waals surface area contributed by atoms with E-state index in [1.807, 2.05) is 35.2 Å². The van der Waals surface area contributed by atoms with E-state index >= 15 is 0 Å². The average molecular weight is 317 g/mol. The monoisotopic (exact) mass is 317 g/mol. The van der Waals surface area contributed by atoms with E-state index in [1.54, 1.807) is 0 Å². The Morgan fingerprint density at radius 1 is 1.00 bits per heavy atom. The molecule has 0 aromatic heterocycles. The Hall–Kier alpha value is -2.57. The highest BCUT2D eigenvalue weighted by Gasteiger charge is 2.47. The summed E-state index contributed by atoms with van der Waals surface area (Å²) in [6.45, 7) is 1.93. The number of likely N-dealkylation sites (tertiary alicyclic amines) is 1. The molecule has 1 heterocycles. The maximum atomic E-state index is 10.8. The fourth-order valence-corrected chi connectivity index (χ4v) is 4.01. The van der Waals surface area contributed by atoms with E-state index in [4.69, 9.17) is 5.11 Å². The normalized spacial score (nSPS) is 17.7. The molecule has 1 aliphatic heterocycles. The third kappa shape index (κ3) is 2.93. The van der Waals surface area contributed by atoms with Crippen molar-refractivity contribution < 1.29 is 9.90 Å².